The maximum Gasteiger partial charge on any atom is 0.404 e. The summed E-state index contributed by atoms with van der Waals surface area (Å²) in [5.41, 5.74) is -2.67. The first-order chi connectivity index (χ1) is 8.15. The van der Waals surface area contributed by atoms with Crippen LogP contribution in [0.1, 0.15) is 6.42 Å². The molecule has 1 rings (SSSR count). The van der Waals surface area contributed by atoms with Crippen molar-refractivity contribution >= 4 is 5.91 Å². The van der Waals surface area contributed by atoms with E-state index in [1.54, 1.807) is 5.32 Å². The van der Waals surface area contributed by atoms with Gasteiger partial charge in [0.2, 0.25) is 5.91 Å². The van der Waals surface area contributed by atoms with Gasteiger partial charge in [-0.3, -0.25) is 4.79 Å². The van der Waals surface area contributed by atoms with Crippen molar-refractivity contribution in [3.05, 3.63) is 0 Å². The maximum atomic E-state index is 12.8. The zero-order valence-corrected chi connectivity index (χ0v) is 9.28. The van der Waals surface area contributed by atoms with Crippen molar-refractivity contribution in [1.29, 1.82) is 0 Å². The van der Waals surface area contributed by atoms with E-state index in [0.29, 0.717) is 0 Å². The van der Waals surface area contributed by atoms with Crippen LogP contribution in [0.3, 0.4) is 0 Å². The Kier molecular flexibility index (Phi) is 4.16. The molecule has 106 valence electrons. The molecule has 1 aliphatic rings. The number of alkyl halides is 5. The molecule has 0 aromatic heterocycles. The molecule has 0 bridgehead atoms. The molecule has 3 N–H and O–H groups in total. The van der Waals surface area contributed by atoms with Crippen LogP contribution in [0.4, 0.5) is 22.0 Å². The summed E-state index contributed by atoms with van der Waals surface area (Å²) in [6.07, 6.45) is -5.30. The zero-order chi connectivity index (χ0) is 14.0. The SMILES string of the molecule is O=C(NCC(F)(F)CO)C1(C(F)(F)F)CCNC1. The molecule has 1 heterocycles. The topological polar surface area (TPSA) is 61.4 Å². The number of nitrogens with one attached hydrogen (secondary N) is 2. The second kappa shape index (κ2) is 4.96. The van der Waals surface area contributed by atoms with Gasteiger partial charge < -0.3 is 15.7 Å². The number of carbonyl (C=O) groups excluding carboxylic acids is 1. The number of aliphatic hydroxyl groups excluding tert-OH is 1. The first-order valence-electron chi connectivity index (χ1n) is 5.19. The van der Waals surface area contributed by atoms with Gasteiger partial charge in [0.05, 0.1) is 6.54 Å². The zero-order valence-electron chi connectivity index (χ0n) is 9.28. The molecule has 0 aromatic carbocycles. The van der Waals surface area contributed by atoms with Crippen molar-refractivity contribution in [2.24, 2.45) is 5.41 Å². The fourth-order valence-electron chi connectivity index (χ4n) is 1.69. The van der Waals surface area contributed by atoms with Crippen LogP contribution in [0, 0.1) is 5.41 Å². The van der Waals surface area contributed by atoms with Crippen LogP contribution in [0.2, 0.25) is 0 Å². The summed E-state index contributed by atoms with van der Waals surface area (Å²) in [4.78, 5) is 11.5. The average molecular weight is 276 g/mol. The lowest BCUT2D eigenvalue weighted by Gasteiger charge is -2.30. The molecule has 0 radical (unpaired) electrons. The molecule has 4 nitrogen and oxygen atoms in total. The molecule has 1 saturated heterocycles. The Balaban J connectivity index is 2.74. The van der Waals surface area contributed by atoms with Crippen LogP contribution in [0.25, 0.3) is 0 Å². The Morgan fingerprint density at radius 1 is 1.33 bits per heavy atom. The van der Waals surface area contributed by atoms with Gasteiger partial charge in [-0.05, 0) is 13.0 Å². The minimum Gasteiger partial charge on any atom is -0.390 e. The minimum absolute atomic E-state index is 0.0106. The van der Waals surface area contributed by atoms with Crippen LogP contribution in [0.15, 0.2) is 0 Å². The highest BCUT2D eigenvalue weighted by Gasteiger charge is 2.61. The largest absolute Gasteiger partial charge is 0.404 e. The summed E-state index contributed by atoms with van der Waals surface area (Å²) in [6, 6.07) is 0. The molecule has 0 spiro atoms. The Labute approximate surface area is 99.5 Å². The average Bonchev–Trinajstić information content (AvgIpc) is 2.75. The van der Waals surface area contributed by atoms with Gasteiger partial charge in [-0.1, -0.05) is 0 Å². The van der Waals surface area contributed by atoms with Gasteiger partial charge in [0.15, 0.2) is 5.41 Å². The highest BCUT2D eigenvalue weighted by molar-refractivity contribution is 5.84. The van der Waals surface area contributed by atoms with Crippen molar-refractivity contribution in [1.82, 2.24) is 10.6 Å². The Hall–Kier alpha value is -0.960. The molecule has 0 saturated carbocycles. The summed E-state index contributed by atoms with van der Waals surface area (Å²) in [7, 11) is 0. The summed E-state index contributed by atoms with van der Waals surface area (Å²) < 4.78 is 63.8. The second-order valence-corrected chi connectivity index (χ2v) is 4.20. The van der Waals surface area contributed by atoms with E-state index in [4.69, 9.17) is 5.11 Å². The summed E-state index contributed by atoms with van der Waals surface area (Å²) >= 11 is 0. The smallest absolute Gasteiger partial charge is 0.390 e. The molecule has 1 fully saturated rings. The molecule has 9 heteroatoms. The van der Waals surface area contributed by atoms with Gasteiger partial charge in [-0.25, -0.2) is 8.78 Å². The monoisotopic (exact) mass is 276 g/mol. The first-order valence-corrected chi connectivity index (χ1v) is 5.19. The molecule has 1 atom stereocenters. The third-order valence-electron chi connectivity index (χ3n) is 2.87. The van der Waals surface area contributed by atoms with E-state index in [9.17, 15) is 26.7 Å². The predicted molar refractivity (Wildman–Crippen MR) is 51.0 cm³/mol. The number of hydrogen-bond donors (Lipinski definition) is 3. The highest BCUT2D eigenvalue weighted by atomic mass is 19.4. The first kappa shape index (κ1) is 15.1. The van der Waals surface area contributed by atoms with E-state index in [1.807, 2.05) is 0 Å². The second-order valence-electron chi connectivity index (χ2n) is 4.20. The van der Waals surface area contributed by atoms with Crippen LogP contribution >= 0.6 is 0 Å². The highest BCUT2D eigenvalue weighted by Crippen LogP contribution is 2.43. The lowest BCUT2D eigenvalue weighted by molar-refractivity contribution is -0.216. The third kappa shape index (κ3) is 2.89. The van der Waals surface area contributed by atoms with E-state index >= 15 is 0 Å². The lowest BCUT2D eigenvalue weighted by atomic mass is 9.85. The van der Waals surface area contributed by atoms with Crippen molar-refractivity contribution < 1.29 is 31.9 Å². The fraction of sp³-hybridized carbons (Fsp3) is 0.889. The summed E-state index contributed by atoms with van der Waals surface area (Å²) in [6.45, 7) is -3.50. The minimum atomic E-state index is -4.81. The van der Waals surface area contributed by atoms with Crippen LogP contribution in [0.5, 0.6) is 0 Å². The van der Waals surface area contributed by atoms with Gasteiger partial charge in [-0.15, -0.1) is 0 Å². The van der Waals surface area contributed by atoms with E-state index in [0.717, 1.165) is 0 Å². The molecule has 1 aliphatic heterocycles. The van der Waals surface area contributed by atoms with Crippen LogP contribution < -0.4 is 10.6 Å². The van der Waals surface area contributed by atoms with E-state index < -0.39 is 49.5 Å². The maximum absolute atomic E-state index is 12.8. The lowest BCUT2D eigenvalue weighted by Crippen LogP contribution is -2.54. The van der Waals surface area contributed by atoms with Crippen molar-refractivity contribution in [2.75, 3.05) is 26.2 Å². The summed E-state index contributed by atoms with van der Waals surface area (Å²) in [5, 5.41) is 12.2. The number of hydrogen-bond acceptors (Lipinski definition) is 3. The number of amides is 1. The number of aliphatic hydroxyl groups is 1. The standard InChI is InChI=1S/C9H13F5N2O2/c10-8(11,5-17)4-16-6(18)7(9(12,13)14)1-2-15-3-7/h15,17H,1-5H2,(H,16,18). The van der Waals surface area contributed by atoms with Crippen LogP contribution in [-0.2, 0) is 4.79 Å². The predicted octanol–water partition coefficient (Wildman–Crippen LogP) is 0.272. The Morgan fingerprint density at radius 2 is 1.94 bits per heavy atom. The van der Waals surface area contributed by atoms with Gasteiger partial charge in [-0.2, -0.15) is 13.2 Å². The molecular formula is C9H13F5N2O2. The molecule has 0 aliphatic carbocycles. The van der Waals surface area contributed by atoms with Crippen molar-refractivity contribution in [3.8, 4) is 0 Å². The molecule has 18 heavy (non-hydrogen) atoms. The Morgan fingerprint density at radius 3 is 2.33 bits per heavy atom. The van der Waals surface area contributed by atoms with Gasteiger partial charge in [0.1, 0.15) is 6.61 Å². The van der Waals surface area contributed by atoms with Gasteiger partial charge >= 0.3 is 6.18 Å². The number of carbonyl (C=O) groups is 1. The van der Waals surface area contributed by atoms with Crippen molar-refractivity contribution in [3.63, 3.8) is 0 Å². The Bertz CT molecular complexity index is 313. The van der Waals surface area contributed by atoms with Crippen LogP contribution in [-0.4, -0.2) is 49.4 Å². The molecular weight excluding hydrogens is 263 g/mol. The fourth-order valence-corrected chi connectivity index (χ4v) is 1.69. The molecule has 1 unspecified atom stereocenters. The number of halogens is 5. The quantitative estimate of drug-likeness (QED) is 0.646. The van der Waals surface area contributed by atoms with Crippen molar-refractivity contribution in [2.45, 2.75) is 18.5 Å². The van der Waals surface area contributed by atoms with E-state index in [1.165, 1.54) is 0 Å². The number of rotatable bonds is 4. The normalized spacial score (nSPS) is 25.2. The van der Waals surface area contributed by atoms with E-state index in [-0.39, 0.29) is 6.54 Å². The van der Waals surface area contributed by atoms with Gasteiger partial charge in [0.25, 0.3) is 5.92 Å². The van der Waals surface area contributed by atoms with E-state index in [2.05, 4.69) is 5.32 Å². The molecule has 0 aromatic rings. The van der Waals surface area contributed by atoms with Gasteiger partial charge in [0, 0.05) is 6.54 Å². The third-order valence-corrected chi connectivity index (χ3v) is 2.87. The molecule has 1 amide bonds. The summed E-state index contributed by atoms with van der Waals surface area (Å²) in [5.74, 6) is -5.12.